The summed E-state index contributed by atoms with van der Waals surface area (Å²) in [7, 11) is 1.49. The largest absolute Gasteiger partial charge is 0.383 e. The van der Waals surface area contributed by atoms with Crippen molar-refractivity contribution >= 4 is 17.5 Å². The average molecular weight is 344 g/mol. The summed E-state index contributed by atoms with van der Waals surface area (Å²) in [6.07, 6.45) is 2.11. The molecule has 5 nitrogen and oxygen atoms in total. The van der Waals surface area contributed by atoms with Gasteiger partial charge in [-0.25, -0.2) is 4.39 Å². The van der Waals surface area contributed by atoms with E-state index in [1.807, 2.05) is 0 Å². The minimum atomic E-state index is -0.740. The van der Waals surface area contributed by atoms with E-state index in [1.165, 1.54) is 13.2 Å². The number of nitrogens with one attached hydrogen (secondary N) is 1. The van der Waals surface area contributed by atoms with Gasteiger partial charge in [0.05, 0.1) is 12.6 Å². The maximum atomic E-state index is 14.3. The second-order valence-electron chi connectivity index (χ2n) is 5.70. The fourth-order valence-electron chi connectivity index (χ4n) is 2.88. The van der Waals surface area contributed by atoms with Gasteiger partial charge in [-0.15, -0.1) is 0 Å². The quantitative estimate of drug-likeness (QED) is 0.791. The van der Waals surface area contributed by atoms with Crippen molar-refractivity contribution in [2.24, 2.45) is 5.73 Å². The highest BCUT2D eigenvalue weighted by Gasteiger charge is 2.28. The van der Waals surface area contributed by atoms with Gasteiger partial charge >= 0.3 is 0 Å². The molecule has 7 heteroatoms. The first-order valence-corrected chi connectivity index (χ1v) is 8.12. The van der Waals surface area contributed by atoms with E-state index in [0.29, 0.717) is 10.6 Å². The highest BCUT2D eigenvalue weighted by atomic mass is 35.5. The van der Waals surface area contributed by atoms with Gasteiger partial charge in [0.2, 0.25) is 5.91 Å². The van der Waals surface area contributed by atoms with E-state index in [4.69, 9.17) is 22.1 Å². The van der Waals surface area contributed by atoms with Gasteiger partial charge in [0.15, 0.2) is 0 Å². The molecule has 1 fully saturated rings. The molecule has 0 radical (unpaired) electrons. The van der Waals surface area contributed by atoms with E-state index in [2.05, 4.69) is 10.2 Å². The molecule has 1 saturated heterocycles. The molecule has 0 aromatic heterocycles. The SMILES string of the molecule is COCC(N)C(=O)NCC(c1c(F)cccc1Cl)N1CCCC1. The summed E-state index contributed by atoms with van der Waals surface area (Å²) in [5, 5.41) is 3.16. The van der Waals surface area contributed by atoms with Gasteiger partial charge in [0.25, 0.3) is 0 Å². The van der Waals surface area contributed by atoms with Crippen LogP contribution >= 0.6 is 11.6 Å². The van der Waals surface area contributed by atoms with Crippen LogP contribution in [0.4, 0.5) is 4.39 Å². The molecule has 3 N–H and O–H groups in total. The topological polar surface area (TPSA) is 67.6 Å². The number of benzene rings is 1. The molecule has 2 rings (SSSR count). The Morgan fingerprint density at radius 3 is 2.78 bits per heavy atom. The van der Waals surface area contributed by atoms with E-state index in [9.17, 15) is 9.18 Å². The van der Waals surface area contributed by atoms with E-state index in [1.54, 1.807) is 12.1 Å². The number of carbonyl (C=O) groups is 1. The van der Waals surface area contributed by atoms with Crippen molar-refractivity contribution in [2.45, 2.75) is 24.9 Å². The summed E-state index contributed by atoms with van der Waals surface area (Å²) in [4.78, 5) is 14.1. The van der Waals surface area contributed by atoms with Crippen molar-refractivity contribution in [3.05, 3.63) is 34.6 Å². The second kappa shape index (κ2) is 8.59. The summed E-state index contributed by atoms with van der Waals surface area (Å²) in [6, 6.07) is 3.60. The van der Waals surface area contributed by atoms with Gasteiger partial charge in [0, 0.05) is 24.2 Å². The normalized spacial score (nSPS) is 17.9. The van der Waals surface area contributed by atoms with Crippen molar-refractivity contribution < 1.29 is 13.9 Å². The average Bonchev–Trinajstić information content (AvgIpc) is 3.04. The summed E-state index contributed by atoms with van der Waals surface area (Å²) in [6.45, 7) is 2.11. The van der Waals surface area contributed by atoms with Crippen LogP contribution in [0.1, 0.15) is 24.4 Å². The fourth-order valence-corrected chi connectivity index (χ4v) is 3.17. The van der Waals surface area contributed by atoms with Crippen LogP contribution in [0.3, 0.4) is 0 Å². The predicted octanol–water partition coefficient (Wildman–Crippen LogP) is 1.71. The van der Waals surface area contributed by atoms with Gasteiger partial charge in [-0.1, -0.05) is 17.7 Å². The third-order valence-electron chi connectivity index (χ3n) is 4.07. The minimum Gasteiger partial charge on any atom is -0.383 e. The van der Waals surface area contributed by atoms with Crippen molar-refractivity contribution in [3.8, 4) is 0 Å². The van der Waals surface area contributed by atoms with Crippen LogP contribution in [0.5, 0.6) is 0 Å². The van der Waals surface area contributed by atoms with Crippen molar-refractivity contribution in [1.29, 1.82) is 0 Å². The Kier molecular flexibility index (Phi) is 6.77. The molecule has 0 saturated carbocycles. The molecule has 1 aliphatic heterocycles. The van der Waals surface area contributed by atoms with E-state index in [0.717, 1.165) is 25.9 Å². The Labute approximate surface area is 140 Å². The van der Waals surface area contributed by atoms with Crippen LogP contribution in [0.25, 0.3) is 0 Å². The zero-order valence-corrected chi connectivity index (χ0v) is 14.0. The third kappa shape index (κ3) is 4.64. The number of carbonyl (C=O) groups excluding carboxylic acids is 1. The summed E-state index contributed by atoms with van der Waals surface area (Å²) in [5.41, 5.74) is 6.14. The monoisotopic (exact) mass is 343 g/mol. The summed E-state index contributed by atoms with van der Waals surface area (Å²) >= 11 is 6.21. The molecule has 1 aliphatic rings. The molecule has 2 atom stereocenters. The molecule has 1 amide bonds. The number of nitrogens with zero attached hydrogens (tertiary/aromatic N) is 1. The maximum Gasteiger partial charge on any atom is 0.239 e. The Balaban J connectivity index is 2.14. The van der Waals surface area contributed by atoms with Gasteiger partial charge < -0.3 is 15.8 Å². The zero-order chi connectivity index (χ0) is 16.8. The molecule has 0 aliphatic carbocycles. The van der Waals surface area contributed by atoms with Gasteiger partial charge in [-0.2, -0.15) is 0 Å². The van der Waals surface area contributed by atoms with E-state index in [-0.39, 0.29) is 30.9 Å². The number of nitrogens with two attached hydrogens (primary N) is 1. The highest BCUT2D eigenvalue weighted by molar-refractivity contribution is 6.31. The maximum absolute atomic E-state index is 14.3. The lowest BCUT2D eigenvalue weighted by Crippen LogP contribution is -2.46. The fraction of sp³-hybridized carbons (Fsp3) is 0.562. The Morgan fingerprint density at radius 2 is 2.17 bits per heavy atom. The Hall–Kier alpha value is -1.21. The van der Waals surface area contributed by atoms with Crippen LogP contribution < -0.4 is 11.1 Å². The van der Waals surface area contributed by atoms with E-state index < -0.39 is 6.04 Å². The first-order chi connectivity index (χ1) is 11.0. The number of likely N-dealkylation sites (tertiary alicyclic amines) is 1. The first-order valence-electron chi connectivity index (χ1n) is 7.74. The molecular weight excluding hydrogens is 321 g/mol. The molecular formula is C16H23ClFN3O2. The molecule has 1 aromatic carbocycles. The molecule has 1 heterocycles. The molecule has 128 valence electrons. The van der Waals surface area contributed by atoms with Gasteiger partial charge in [-0.05, 0) is 38.1 Å². The summed E-state index contributed by atoms with van der Waals surface area (Å²) in [5.74, 6) is -0.673. The summed E-state index contributed by atoms with van der Waals surface area (Å²) < 4.78 is 19.2. The number of amides is 1. The van der Waals surface area contributed by atoms with Gasteiger partial charge in [-0.3, -0.25) is 9.69 Å². The number of hydrogen-bond donors (Lipinski definition) is 2. The first kappa shape index (κ1) is 18.1. The van der Waals surface area contributed by atoms with Crippen molar-refractivity contribution in [1.82, 2.24) is 10.2 Å². The van der Waals surface area contributed by atoms with Crippen LogP contribution in [0, 0.1) is 5.82 Å². The standard InChI is InChI=1S/C16H23ClFN3O2/c1-23-10-13(19)16(22)20-9-14(21-7-2-3-8-21)15-11(17)5-4-6-12(15)18/h4-6,13-14H,2-3,7-10,19H2,1H3,(H,20,22). The third-order valence-corrected chi connectivity index (χ3v) is 4.40. The number of hydrogen-bond acceptors (Lipinski definition) is 4. The van der Waals surface area contributed by atoms with Crippen LogP contribution in [-0.2, 0) is 9.53 Å². The lowest BCUT2D eigenvalue weighted by atomic mass is 10.0. The van der Waals surface area contributed by atoms with E-state index >= 15 is 0 Å². The number of halogens is 2. The van der Waals surface area contributed by atoms with Crippen LogP contribution in [0.15, 0.2) is 18.2 Å². The van der Waals surface area contributed by atoms with Crippen LogP contribution in [0.2, 0.25) is 5.02 Å². The molecule has 23 heavy (non-hydrogen) atoms. The second-order valence-corrected chi connectivity index (χ2v) is 6.11. The minimum absolute atomic E-state index is 0.140. The van der Waals surface area contributed by atoms with Crippen molar-refractivity contribution in [3.63, 3.8) is 0 Å². The lowest BCUT2D eigenvalue weighted by molar-refractivity contribution is -0.123. The molecule has 1 aromatic rings. The Bertz CT molecular complexity index is 518. The Morgan fingerprint density at radius 1 is 1.48 bits per heavy atom. The highest BCUT2D eigenvalue weighted by Crippen LogP contribution is 2.31. The number of methoxy groups -OCH3 is 1. The molecule has 0 bridgehead atoms. The molecule has 2 unspecified atom stereocenters. The van der Waals surface area contributed by atoms with Crippen molar-refractivity contribution in [2.75, 3.05) is 33.4 Å². The lowest BCUT2D eigenvalue weighted by Gasteiger charge is -2.29. The number of rotatable bonds is 7. The molecule has 0 spiro atoms. The zero-order valence-electron chi connectivity index (χ0n) is 13.2. The smallest absolute Gasteiger partial charge is 0.239 e. The van der Waals surface area contributed by atoms with Crippen LogP contribution in [-0.4, -0.2) is 50.2 Å². The van der Waals surface area contributed by atoms with Gasteiger partial charge in [0.1, 0.15) is 11.9 Å². The predicted molar refractivity (Wildman–Crippen MR) is 87.8 cm³/mol. The number of ether oxygens (including phenoxy) is 1.